The second kappa shape index (κ2) is 12.1. The molecule has 0 saturated carbocycles. The first-order valence-corrected chi connectivity index (χ1v) is 13.6. The number of benzene rings is 2. The predicted octanol–water partition coefficient (Wildman–Crippen LogP) is 5.90. The van der Waals surface area contributed by atoms with E-state index >= 15 is 0 Å². The number of aromatic nitrogens is 3. The molecule has 1 amide bonds. The summed E-state index contributed by atoms with van der Waals surface area (Å²) in [6, 6.07) is 17.4. The Bertz CT molecular complexity index is 1380. The van der Waals surface area contributed by atoms with Gasteiger partial charge >= 0.3 is 5.97 Å². The van der Waals surface area contributed by atoms with E-state index in [2.05, 4.69) is 15.5 Å². The maximum absolute atomic E-state index is 12.8. The third kappa shape index (κ3) is 6.39. The minimum absolute atomic E-state index is 0.0971. The Morgan fingerprint density at radius 2 is 1.92 bits per heavy atom. The van der Waals surface area contributed by atoms with Crippen LogP contribution in [0.5, 0.6) is 5.75 Å². The van der Waals surface area contributed by atoms with E-state index in [0.717, 1.165) is 22.4 Å². The van der Waals surface area contributed by atoms with Gasteiger partial charge in [-0.05, 0) is 44.0 Å². The van der Waals surface area contributed by atoms with Gasteiger partial charge in [0, 0.05) is 18.0 Å². The largest absolute Gasteiger partial charge is 0.483 e. The van der Waals surface area contributed by atoms with Crippen molar-refractivity contribution in [3.63, 3.8) is 0 Å². The molecule has 0 spiro atoms. The minimum Gasteiger partial charge on any atom is -0.483 e. The summed E-state index contributed by atoms with van der Waals surface area (Å²) in [5.41, 5.74) is 3.08. The van der Waals surface area contributed by atoms with E-state index in [0.29, 0.717) is 21.5 Å². The number of thiophene rings is 1. The molecule has 37 heavy (non-hydrogen) atoms. The van der Waals surface area contributed by atoms with E-state index in [1.807, 2.05) is 85.4 Å². The van der Waals surface area contributed by atoms with Gasteiger partial charge in [-0.25, -0.2) is 4.79 Å². The van der Waals surface area contributed by atoms with Gasteiger partial charge < -0.3 is 19.4 Å². The molecular formula is C27H28N4O4S2. The van der Waals surface area contributed by atoms with E-state index in [4.69, 9.17) is 9.47 Å². The highest BCUT2D eigenvalue weighted by Crippen LogP contribution is 2.36. The van der Waals surface area contributed by atoms with Gasteiger partial charge in [0.05, 0.1) is 12.4 Å². The van der Waals surface area contributed by atoms with Crippen molar-refractivity contribution in [1.82, 2.24) is 14.8 Å². The molecule has 0 aliphatic carbocycles. The third-order valence-electron chi connectivity index (χ3n) is 5.48. The number of nitrogens with one attached hydrogen (secondary N) is 1. The fourth-order valence-electron chi connectivity index (χ4n) is 3.73. The Morgan fingerprint density at radius 1 is 1.14 bits per heavy atom. The van der Waals surface area contributed by atoms with Gasteiger partial charge in [-0.1, -0.05) is 54.2 Å². The van der Waals surface area contributed by atoms with Crippen molar-refractivity contribution in [2.24, 2.45) is 7.05 Å². The standard InChI is InChI=1S/C27H28N4O4S2/c1-5-34-26(33)23-21(19-11-7-6-8-12-19)15-36-25(23)28-22(32)16-37-27-30-29-24(31(27)4)18(3)35-20-13-9-10-17(2)14-20/h6-15,18H,5,16H2,1-4H3,(H,28,32). The quantitative estimate of drug-likeness (QED) is 0.199. The monoisotopic (exact) mass is 536 g/mol. The lowest BCUT2D eigenvalue weighted by Gasteiger charge is -2.14. The molecule has 0 aliphatic rings. The molecule has 0 saturated heterocycles. The number of anilines is 1. The normalized spacial score (nSPS) is 11.7. The summed E-state index contributed by atoms with van der Waals surface area (Å²) >= 11 is 2.56. The zero-order chi connectivity index (χ0) is 26.4. The highest BCUT2D eigenvalue weighted by Gasteiger charge is 2.23. The number of amides is 1. The second-order valence-electron chi connectivity index (χ2n) is 8.25. The van der Waals surface area contributed by atoms with Crippen molar-refractivity contribution < 1.29 is 19.1 Å². The molecule has 2 aromatic carbocycles. The molecule has 10 heteroatoms. The number of carbonyl (C=O) groups excluding carboxylic acids is 2. The average molecular weight is 537 g/mol. The lowest BCUT2D eigenvalue weighted by atomic mass is 10.0. The number of hydrogen-bond donors (Lipinski definition) is 1. The topological polar surface area (TPSA) is 95.3 Å². The van der Waals surface area contributed by atoms with Gasteiger partial charge in [-0.3, -0.25) is 4.79 Å². The first-order chi connectivity index (χ1) is 17.9. The van der Waals surface area contributed by atoms with Crippen molar-refractivity contribution in [1.29, 1.82) is 0 Å². The molecule has 2 heterocycles. The fraction of sp³-hybridized carbons (Fsp3) is 0.259. The summed E-state index contributed by atoms with van der Waals surface area (Å²) in [5.74, 6) is 0.781. The first kappa shape index (κ1) is 26.4. The average Bonchev–Trinajstić information content (AvgIpc) is 3.46. The van der Waals surface area contributed by atoms with Gasteiger partial charge in [0.1, 0.15) is 16.3 Å². The summed E-state index contributed by atoms with van der Waals surface area (Å²) in [6.07, 6.45) is -0.322. The van der Waals surface area contributed by atoms with Crippen LogP contribution in [0.2, 0.25) is 0 Å². The van der Waals surface area contributed by atoms with Crippen LogP contribution in [0.25, 0.3) is 11.1 Å². The van der Waals surface area contributed by atoms with Crippen molar-refractivity contribution in [2.75, 3.05) is 17.7 Å². The number of carbonyl (C=O) groups is 2. The Labute approximate surface area is 224 Å². The molecule has 0 radical (unpaired) electrons. The predicted molar refractivity (Wildman–Crippen MR) is 146 cm³/mol. The molecule has 0 bridgehead atoms. The highest BCUT2D eigenvalue weighted by molar-refractivity contribution is 7.99. The van der Waals surface area contributed by atoms with Crippen LogP contribution in [0.3, 0.4) is 0 Å². The summed E-state index contributed by atoms with van der Waals surface area (Å²) < 4.78 is 13.1. The lowest BCUT2D eigenvalue weighted by molar-refractivity contribution is -0.113. The van der Waals surface area contributed by atoms with E-state index in [9.17, 15) is 9.59 Å². The number of nitrogens with zero attached hydrogens (tertiary/aromatic N) is 3. The number of thioether (sulfide) groups is 1. The van der Waals surface area contributed by atoms with E-state index < -0.39 is 5.97 Å². The summed E-state index contributed by atoms with van der Waals surface area (Å²) in [4.78, 5) is 25.6. The molecule has 4 aromatic rings. The van der Waals surface area contributed by atoms with Gasteiger partial charge in [0.15, 0.2) is 17.1 Å². The fourth-order valence-corrected chi connectivity index (χ4v) is 5.42. The number of ether oxygens (including phenoxy) is 2. The zero-order valence-electron chi connectivity index (χ0n) is 21.1. The highest BCUT2D eigenvalue weighted by atomic mass is 32.2. The number of aryl methyl sites for hydroxylation is 1. The Balaban J connectivity index is 1.43. The summed E-state index contributed by atoms with van der Waals surface area (Å²) in [7, 11) is 1.84. The second-order valence-corrected chi connectivity index (χ2v) is 10.1. The van der Waals surface area contributed by atoms with Crippen LogP contribution in [-0.2, 0) is 16.6 Å². The molecular weight excluding hydrogens is 508 g/mol. The van der Waals surface area contributed by atoms with Crippen LogP contribution in [0.4, 0.5) is 5.00 Å². The van der Waals surface area contributed by atoms with Crippen molar-refractivity contribution in [3.05, 3.63) is 76.9 Å². The number of rotatable bonds is 10. The Kier molecular flexibility index (Phi) is 8.62. The van der Waals surface area contributed by atoms with Crippen LogP contribution in [0, 0.1) is 6.92 Å². The molecule has 0 aliphatic heterocycles. The smallest absolute Gasteiger partial charge is 0.341 e. The molecule has 4 rings (SSSR count). The number of esters is 1. The lowest BCUT2D eigenvalue weighted by Crippen LogP contribution is -2.17. The van der Waals surface area contributed by atoms with Gasteiger partial charge in [-0.2, -0.15) is 0 Å². The zero-order valence-corrected chi connectivity index (χ0v) is 22.7. The van der Waals surface area contributed by atoms with Gasteiger partial charge in [0.25, 0.3) is 0 Å². The SMILES string of the molecule is CCOC(=O)c1c(-c2ccccc2)csc1NC(=O)CSc1nnc(C(C)Oc2cccc(C)c2)n1C. The molecule has 1 atom stereocenters. The Hall–Kier alpha value is -3.63. The summed E-state index contributed by atoms with van der Waals surface area (Å²) in [6.45, 7) is 5.91. The van der Waals surface area contributed by atoms with Crippen LogP contribution in [0.15, 0.2) is 65.1 Å². The van der Waals surface area contributed by atoms with E-state index in [1.165, 1.54) is 23.1 Å². The Morgan fingerprint density at radius 3 is 2.65 bits per heavy atom. The van der Waals surface area contributed by atoms with E-state index in [1.54, 1.807) is 6.92 Å². The van der Waals surface area contributed by atoms with Crippen LogP contribution >= 0.6 is 23.1 Å². The first-order valence-electron chi connectivity index (χ1n) is 11.8. The molecule has 192 valence electrons. The van der Waals surface area contributed by atoms with Crippen molar-refractivity contribution in [2.45, 2.75) is 32.0 Å². The third-order valence-corrected chi connectivity index (χ3v) is 7.39. The molecule has 2 aromatic heterocycles. The maximum atomic E-state index is 12.8. The van der Waals surface area contributed by atoms with Gasteiger partial charge in [0.2, 0.25) is 5.91 Å². The molecule has 8 nitrogen and oxygen atoms in total. The van der Waals surface area contributed by atoms with Gasteiger partial charge in [-0.15, -0.1) is 21.5 Å². The van der Waals surface area contributed by atoms with Crippen LogP contribution < -0.4 is 10.1 Å². The van der Waals surface area contributed by atoms with Crippen molar-refractivity contribution in [3.8, 4) is 16.9 Å². The molecule has 1 unspecified atom stereocenters. The molecule has 1 N–H and O–H groups in total. The van der Waals surface area contributed by atoms with Crippen molar-refractivity contribution >= 4 is 40.0 Å². The minimum atomic E-state index is -0.467. The van der Waals surface area contributed by atoms with E-state index in [-0.39, 0.29) is 24.4 Å². The summed E-state index contributed by atoms with van der Waals surface area (Å²) in [5, 5.41) is 14.3. The van der Waals surface area contributed by atoms with Crippen LogP contribution in [-0.4, -0.2) is 39.0 Å². The molecule has 0 fully saturated rings. The maximum Gasteiger partial charge on any atom is 0.341 e. The van der Waals surface area contributed by atoms with Crippen LogP contribution in [0.1, 0.15) is 41.7 Å². The number of hydrogen-bond acceptors (Lipinski definition) is 8.